The molecule has 2 N–H and O–H groups in total. The number of benzene rings is 1. The average molecular weight is 242 g/mol. The lowest BCUT2D eigenvalue weighted by Gasteiger charge is -2.16. The van der Waals surface area contributed by atoms with E-state index in [-0.39, 0.29) is 11.3 Å². The van der Waals surface area contributed by atoms with Crippen molar-refractivity contribution in [3.63, 3.8) is 0 Å². The minimum absolute atomic E-state index is 0.203. The van der Waals surface area contributed by atoms with Gasteiger partial charge in [-0.3, -0.25) is 4.79 Å². The first-order chi connectivity index (χ1) is 8.81. The maximum Gasteiger partial charge on any atom is 0.230 e. The summed E-state index contributed by atoms with van der Waals surface area (Å²) in [6, 6.07) is 10.7. The summed E-state index contributed by atoms with van der Waals surface area (Å²) in [5, 5.41) is 6.64. The maximum absolute atomic E-state index is 12.5. The number of hydrogen-bond donors (Lipinski definition) is 2. The molecule has 0 aromatic heterocycles. The highest BCUT2D eigenvalue weighted by molar-refractivity contribution is 5.91. The van der Waals surface area contributed by atoms with Crippen LogP contribution < -0.4 is 10.6 Å². The molecule has 1 heterocycles. The highest BCUT2D eigenvalue weighted by atomic mass is 16.2. The van der Waals surface area contributed by atoms with Crippen molar-refractivity contribution < 1.29 is 4.79 Å². The van der Waals surface area contributed by atoms with Crippen LogP contribution in [0.25, 0.3) is 0 Å². The zero-order valence-electron chi connectivity index (χ0n) is 10.4. The van der Waals surface area contributed by atoms with Gasteiger partial charge >= 0.3 is 0 Å². The molecule has 1 saturated heterocycles. The highest BCUT2D eigenvalue weighted by Crippen LogP contribution is 2.50. The number of amides is 1. The molecule has 0 spiro atoms. The van der Waals surface area contributed by atoms with Crippen molar-refractivity contribution >= 4 is 5.91 Å². The van der Waals surface area contributed by atoms with Gasteiger partial charge in [-0.25, -0.2) is 0 Å². The predicted octanol–water partition coefficient (Wildman–Crippen LogP) is 1.05. The van der Waals surface area contributed by atoms with Crippen molar-refractivity contribution in [3.8, 4) is 0 Å². The molecule has 94 valence electrons. The quantitative estimate of drug-likeness (QED) is 0.832. The first-order valence-corrected chi connectivity index (χ1v) is 6.88. The molecule has 1 aromatic rings. The number of carbonyl (C=O) groups excluding carboxylic acids is 1. The van der Waals surface area contributed by atoms with E-state index in [4.69, 9.17) is 0 Å². The normalized spacial score (nSPS) is 34.8. The minimum atomic E-state index is -0.203. The third-order valence-corrected chi connectivity index (χ3v) is 4.90. The molecule has 2 saturated carbocycles. The lowest BCUT2D eigenvalue weighted by Crippen LogP contribution is -2.39. The molecular weight excluding hydrogens is 224 g/mol. The smallest absolute Gasteiger partial charge is 0.230 e. The van der Waals surface area contributed by atoms with Crippen molar-refractivity contribution in [1.82, 2.24) is 10.6 Å². The van der Waals surface area contributed by atoms with Crippen LogP contribution in [-0.2, 0) is 10.2 Å². The van der Waals surface area contributed by atoms with Crippen molar-refractivity contribution in [1.29, 1.82) is 0 Å². The summed E-state index contributed by atoms with van der Waals surface area (Å²) in [4.78, 5) is 12.5. The zero-order chi connectivity index (χ0) is 12.2. The van der Waals surface area contributed by atoms with Gasteiger partial charge in [-0.1, -0.05) is 30.3 Å². The van der Waals surface area contributed by atoms with E-state index in [9.17, 15) is 4.79 Å². The number of hydrogen-bond acceptors (Lipinski definition) is 2. The van der Waals surface area contributed by atoms with Gasteiger partial charge in [0.2, 0.25) is 5.91 Å². The molecule has 3 heteroatoms. The number of piperidine rings is 1. The van der Waals surface area contributed by atoms with Gasteiger partial charge < -0.3 is 10.6 Å². The molecule has 18 heavy (non-hydrogen) atoms. The maximum atomic E-state index is 12.5. The van der Waals surface area contributed by atoms with Crippen LogP contribution in [0, 0.1) is 11.8 Å². The summed E-state index contributed by atoms with van der Waals surface area (Å²) in [7, 11) is 0. The largest absolute Gasteiger partial charge is 0.352 e. The van der Waals surface area contributed by atoms with E-state index >= 15 is 0 Å². The Morgan fingerprint density at radius 1 is 1.17 bits per heavy atom. The van der Waals surface area contributed by atoms with Crippen LogP contribution in [-0.4, -0.2) is 25.0 Å². The van der Waals surface area contributed by atoms with E-state index in [2.05, 4.69) is 22.8 Å². The molecule has 0 radical (unpaired) electrons. The van der Waals surface area contributed by atoms with Crippen LogP contribution in [0.5, 0.6) is 0 Å². The zero-order valence-corrected chi connectivity index (χ0v) is 10.4. The lowest BCUT2D eigenvalue weighted by molar-refractivity contribution is -0.123. The van der Waals surface area contributed by atoms with E-state index < -0.39 is 0 Å². The van der Waals surface area contributed by atoms with Gasteiger partial charge in [-0.2, -0.15) is 0 Å². The summed E-state index contributed by atoms with van der Waals surface area (Å²) >= 11 is 0. The third kappa shape index (κ3) is 1.43. The van der Waals surface area contributed by atoms with E-state index in [1.165, 1.54) is 5.56 Å². The molecule has 1 amide bonds. The van der Waals surface area contributed by atoms with Crippen LogP contribution >= 0.6 is 0 Å². The molecule has 3 nitrogen and oxygen atoms in total. The molecule has 4 rings (SSSR count). The molecule has 1 aliphatic heterocycles. The molecule has 2 atom stereocenters. The number of nitrogens with one attached hydrogen (secondary N) is 2. The van der Waals surface area contributed by atoms with Gasteiger partial charge in [0, 0.05) is 19.1 Å². The Kier molecular flexibility index (Phi) is 2.10. The predicted molar refractivity (Wildman–Crippen MR) is 69.1 cm³/mol. The molecule has 2 aliphatic carbocycles. The second-order valence-electron chi connectivity index (χ2n) is 5.93. The van der Waals surface area contributed by atoms with Crippen LogP contribution in [0.15, 0.2) is 30.3 Å². The second-order valence-corrected chi connectivity index (χ2v) is 5.93. The van der Waals surface area contributed by atoms with Crippen molar-refractivity contribution in [2.75, 3.05) is 13.1 Å². The Labute approximate surface area is 107 Å². The number of carbonyl (C=O) groups is 1. The SMILES string of the molecule is O=C(NC1C2CNCC21)C1(c2ccccc2)CC1. The van der Waals surface area contributed by atoms with Gasteiger partial charge in [-0.05, 0) is 30.2 Å². The molecule has 3 aliphatic rings. The topological polar surface area (TPSA) is 41.1 Å². The Balaban J connectivity index is 1.48. The van der Waals surface area contributed by atoms with Crippen molar-refractivity contribution in [2.45, 2.75) is 24.3 Å². The second kappa shape index (κ2) is 3.58. The standard InChI is InChI=1S/C15H18N2O/c18-14(17-13-11-8-16-9-12(11)13)15(6-7-15)10-4-2-1-3-5-10/h1-5,11-13,16H,6-9H2,(H,17,18). The Morgan fingerprint density at radius 3 is 2.44 bits per heavy atom. The summed E-state index contributed by atoms with van der Waals surface area (Å²) in [5.41, 5.74) is 0.984. The molecular formula is C15H18N2O. The van der Waals surface area contributed by atoms with Gasteiger partial charge in [0.05, 0.1) is 5.41 Å². The Hall–Kier alpha value is -1.35. The number of fused-ring (bicyclic) bond motifs is 1. The third-order valence-electron chi connectivity index (χ3n) is 4.90. The van der Waals surface area contributed by atoms with E-state index in [1.807, 2.05) is 18.2 Å². The Morgan fingerprint density at radius 2 is 1.83 bits per heavy atom. The van der Waals surface area contributed by atoms with Crippen LogP contribution in [0.1, 0.15) is 18.4 Å². The van der Waals surface area contributed by atoms with Gasteiger partial charge in [0.15, 0.2) is 0 Å². The summed E-state index contributed by atoms with van der Waals surface area (Å²) in [6.45, 7) is 2.15. The van der Waals surface area contributed by atoms with Crippen LogP contribution in [0.3, 0.4) is 0 Å². The van der Waals surface area contributed by atoms with Gasteiger partial charge in [-0.15, -0.1) is 0 Å². The van der Waals surface area contributed by atoms with Crippen molar-refractivity contribution in [2.24, 2.45) is 11.8 Å². The minimum Gasteiger partial charge on any atom is -0.352 e. The van der Waals surface area contributed by atoms with Crippen molar-refractivity contribution in [3.05, 3.63) is 35.9 Å². The van der Waals surface area contributed by atoms with Gasteiger partial charge in [0.25, 0.3) is 0 Å². The average Bonchev–Trinajstić information content (AvgIpc) is 3.28. The molecule has 3 fully saturated rings. The first kappa shape index (κ1) is 10.6. The first-order valence-electron chi connectivity index (χ1n) is 6.88. The summed E-state index contributed by atoms with van der Waals surface area (Å²) in [6.07, 6.45) is 2.01. The lowest BCUT2D eigenvalue weighted by atomic mass is 9.95. The molecule has 2 unspecified atom stereocenters. The van der Waals surface area contributed by atoms with E-state index in [1.54, 1.807) is 0 Å². The van der Waals surface area contributed by atoms with E-state index in [0.29, 0.717) is 17.9 Å². The Bertz CT molecular complexity index is 471. The monoisotopic (exact) mass is 242 g/mol. The highest BCUT2D eigenvalue weighted by Gasteiger charge is 2.57. The van der Waals surface area contributed by atoms with Crippen LogP contribution in [0.2, 0.25) is 0 Å². The van der Waals surface area contributed by atoms with Crippen LogP contribution in [0.4, 0.5) is 0 Å². The summed E-state index contributed by atoms with van der Waals surface area (Å²) in [5.74, 6) is 1.65. The van der Waals surface area contributed by atoms with Gasteiger partial charge in [0.1, 0.15) is 0 Å². The summed E-state index contributed by atoms with van der Waals surface area (Å²) < 4.78 is 0. The fourth-order valence-electron chi connectivity index (χ4n) is 3.45. The molecule has 0 bridgehead atoms. The van der Waals surface area contributed by atoms with E-state index in [0.717, 1.165) is 25.9 Å². The fraction of sp³-hybridized carbons (Fsp3) is 0.533. The fourth-order valence-corrected chi connectivity index (χ4v) is 3.45. The molecule has 1 aromatic carbocycles. The number of rotatable bonds is 3.